The van der Waals surface area contributed by atoms with Crippen LogP contribution in [0.5, 0.6) is 0 Å². The Balaban J connectivity index is 4.42. The number of hydrogen-bond acceptors (Lipinski definition) is 5. The van der Waals surface area contributed by atoms with Gasteiger partial charge in [0.25, 0.3) is 0 Å². The van der Waals surface area contributed by atoms with Gasteiger partial charge >= 0.3 is 11.9 Å². The van der Waals surface area contributed by atoms with Crippen LogP contribution in [0.2, 0.25) is 0 Å². The first-order valence-corrected chi connectivity index (χ1v) is 25.4. The summed E-state index contributed by atoms with van der Waals surface area (Å²) in [4.78, 5) is 25.4. The van der Waals surface area contributed by atoms with Crippen molar-refractivity contribution < 1.29 is 23.8 Å². The van der Waals surface area contributed by atoms with Gasteiger partial charge in [-0.3, -0.25) is 9.59 Å². The van der Waals surface area contributed by atoms with Gasteiger partial charge in [-0.25, -0.2) is 0 Å². The summed E-state index contributed by atoms with van der Waals surface area (Å²) in [5, 5.41) is 0. The Morgan fingerprint density at radius 1 is 0.371 bits per heavy atom. The van der Waals surface area contributed by atoms with Gasteiger partial charge in [-0.1, -0.05) is 188 Å². The highest BCUT2D eigenvalue weighted by molar-refractivity contribution is 5.70. The first kappa shape index (κ1) is 58.6. The summed E-state index contributed by atoms with van der Waals surface area (Å²) in [6.07, 6.45) is 71.0. The molecule has 0 rings (SSSR count). The fraction of sp³-hybridized carbons (Fsp3) is 0.649. The Labute approximate surface area is 383 Å². The molecule has 0 aliphatic rings. The van der Waals surface area contributed by atoms with Crippen LogP contribution >= 0.6 is 0 Å². The quantitative estimate of drug-likeness (QED) is 0.0347. The molecule has 0 radical (unpaired) electrons. The van der Waals surface area contributed by atoms with Gasteiger partial charge < -0.3 is 14.2 Å². The van der Waals surface area contributed by atoms with Crippen molar-refractivity contribution in [2.75, 3.05) is 19.8 Å². The average Bonchev–Trinajstić information content (AvgIpc) is 3.27. The molecule has 0 bridgehead atoms. The molecule has 0 aliphatic carbocycles. The van der Waals surface area contributed by atoms with Gasteiger partial charge in [-0.15, -0.1) is 0 Å². The van der Waals surface area contributed by atoms with Crippen LogP contribution in [0, 0.1) is 0 Å². The molecule has 62 heavy (non-hydrogen) atoms. The zero-order valence-corrected chi connectivity index (χ0v) is 40.3. The maximum atomic E-state index is 12.8. The molecular formula is C57H94O5. The monoisotopic (exact) mass is 859 g/mol. The molecule has 0 fully saturated rings. The first-order valence-electron chi connectivity index (χ1n) is 25.4. The molecular weight excluding hydrogens is 765 g/mol. The fourth-order valence-corrected chi connectivity index (χ4v) is 6.54. The van der Waals surface area contributed by atoms with E-state index in [0.29, 0.717) is 19.4 Å². The van der Waals surface area contributed by atoms with Crippen molar-refractivity contribution in [1.29, 1.82) is 0 Å². The van der Waals surface area contributed by atoms with Crippen molar-refractivity contribution in [3.05, 3.63) is 109 Å². The lowest BCUT2D eigenvalue weighted by molar-refractivity contribution is -0.163. The summed E-state index contributed by atoms with van der Waals surface area (Å²) >= 11 is 0. The normalized spacial score (nSPS) is 13.1. The molecule has 0 aliphatic heterocycles. The van der Waals surface area contributed by atoms with Crippen LogP contribution in [-0.4, -0.2) is 37.9 Å². The Hall–Kier alpha value is -3.44. The summed E-state index contributed by atoms with van der Waals surface area (Å²) in [7, 11) is 0. The van der Waals surface area contributed by atoms with Gasteiger partial charge in [0, 0.05) is 19.4 Å². The average molecular weight is 859 g/mol. The van der Waals surface area contributed by atoms with E-state index >= 15 is 0 Å². The van der Waals surface area contributed by atoms with E-state index in [9.17, 15) is 9.59 Å². The molecule has 5 nitrogen and oxygen atoms in total. The van der Waals surface area contributed by atoms with Gasteiger partial charge in [-0.05, 0) is 122 Å². The maximum Gasteiger partial charge on any atom is 0.306 e. The number of carbonyl (C=O) groups is 2. The second-order valence-corrected chi connectivity index (χ2v) is 16.3. The van der Waals surface area contributed by atoms with Crippen LogP contribution in [0.15, 0.2) is 109 Å². The number of allylic oxidation sites excluding steroid dienone is 18. The zero-order valence-electron chi connectivity index (χ0n) is 40.3. The summed E-state index contributed by atoms with van der Waals surface area (Å²) in [6, 6.07) is 0. The zero-order chi connectivity index (χ0) is 44.9. The van der Waals surface area contributed by atoms with E-state index in [1.54, 1.807) is 0 Å². The highest BCUT2D eigenvalue weighted by Gasteiger charge is 2.17. The van der Waals surface area contributed by atoms with Crippen LogP contribution in [-0.2, 0) is 23.8 Å². The lowest BCUT2D eigenvalue weighted by Crippen LogP contribution is -2.30. The van der Waals surface area contributed by atoms with Gasteiger partial charge in [0.2, 0.25) is 0 Å². The Morgan fingerprint density at radius 3 is 1.19 bits per heavy atom. The fourth-order valence-electron chi connectivity index (χ4n) is 6.54. The molecule has 0 N–H and O–H groups in total. The minimum Gasteiger partial charge on any atom is -0.462 e. The molecule has 1 atom stereocenters. The molecule has 0 saturated heterocycles. The third kappa shape index (κ3) is 49.2. The molecule has 5 heteroatoms. The van der Waals surface area contributed by atoms with Gasteiger partial charge in [0.1, 0.15) is 6.61 Å². The highest BCUT2D eigenvalue weighted by atomic mass is 16.6. The minimum absolute atomic E-state index is 0.0455. The third-order valence-electron chi connectivity index (χ3n) is 10.3. The van der Waals surface area contributed by atoms with E-state index in [1.165, 1.54) is 57.8 Å². The van der Waals surface area contributed by atoms with Crippen LogP contribution in [0.1, 0.15) is 213 Å². The van der Waals surface area contributed by atoms with Crippen molar-refractivity contribution >= 4 is 11.9 Å². The topological polar surface area (TPSA) is 61.8 Å². The molecule has 0 aromatic carbocycles. The standard InChI is InChI=1S/C57H94O5/c1-4-7-10-13-16-19-22-25-27-28-29-31-34-37-40-43-46-49-52-60-53-55(62-57(59)51-48-45-42-39-36-32-24-21-18-15-12-9-6-3)54-61-56(58)50-47-44-41-38-35-33-30-26-23-20-17-14-11-8-5-2/h7,9-10,12,16,18-19,21,25-27,29-32,36-37,40,55H,4-6,8,11,13-15,17,20,22-24,28,33-35,38-39,41-54H2,1-3H3/b10-7-,12-9-,19-16-,21-18-,27-25-,30-26-,31-29-,36-32-,40-37-. The summed E-state index contributed by atoms with van der Waals surface area (Å²) < 4.78 is 17.3. The lowest BCUT2D eigenvalue weighted by atomic mass is 10.1. The molecule has 0 amide bonds. The second-order valence-electron chi connectivity index (χ2n) is 16.3. The van der Waals surface area contributed by atoms with Crippen molar-refractivity contribution in [2.24, 2.45) is 0 Å². The van der Waals surface area contributed by atoms with Crippen LogP contribution < -0.4 is 0 Å². The molecule has 1 unspecified atom stereocenters. The lowest BCUT2D eigenvalue weighted by Gasteiger charge is -2.18. The highest BCUT2D eigenvalue weighted by Crippen LogP contribution is 2.12. The van der Waals surface area contributed by atoms with Gasteiger partial charge in [0.15, 0.2) is 6.10 Å². The van der Waals surface area contributed by atoms with Crippen LogP contribution in [0.3, 0.4) is 0 Å². The van der Waals surface area contributed by atoms with E-state index in [2.05, 4.69) is 130 Å². The van der Waals surface area contributed by atoms with Crippen molar-refractivity contribution in [1.82, 2.24) is 0 Å². The molecule has 0 heterocycles. The predicted molar refractivity (Wildman–Crippen MR) is 269 cm³/mol. The van der Waals surface area contributed by atoms with Crippen molar-refractivity contribution in [3.63, 3.8) is 0 Å². The Bertz CT molecular complexity index is 1250. The number of hydrogen-bond donors (Lipinski definition) is 0. The van der Waals surface area contributed by atoms with E-state index in [1.807, 2.05) is 0 Å². The number of esters is 2. The van der Waals surface area contributed by atoms with Crippen molar-refractivity contribution in [3.8, 4) is 0 Å². The van der Waals surface area contributed by atoms with E-state index in [4.69, 9.17) is 14.2 Å². The molecule has 352 valence electrons. The molecule has 0 aromatic rings. The number of carbonyl (C=O) groups excluding carboxylic acids is 2. The van der Waals surface area contributed by atoms with Crippen molar-refractivity contribution in [2.45, 2.75) is 219 Å². The van der Waals surface area contributed by atoms with E-state index < -0.39 is 6.10 Å². The smallest absolute Gasteiger partial charge is 0.306 e. The number of rotatable bonds is 45. The third-order valence-corrected chi connectivity index (χ3v) is 10.3. The molecule has 0 spiro atoms. The summed E-state index contributed by atoms with van der Waals surface area (Å²) in [5.41, 5.74) is 0. The van der Waals surface area contributed by atoms with Gasteiger partial charge in [-0.2, -0.15) is 0 Å². The Kier molecular flexibility index (Phi) is 49.0. The van der Waals surface area contributed by atoms with Crippen LogP contribution in [0.25, 0.3) is 0 Å². The molecule has 0 saturated carbocycles. The summed E-state index contributed by atoms with van der Waals surface area (Å²) in [6.45, 7) is 7.44. The summed E-state index contributed by atoms with van der Waals surface area (Å²) in [5.74, 6) is -0.472. The van der Waals surface area contributed by atoms with Crippen LogP contribution in [0.4, 0.5) is 0 Å². The molecule has 0 aromatic heterocycles. The largest absolute Gasteiger partial charge is 0.462 e. The SMILES string of the molecule is CC/C=C\C/C=C\C/C=C\C/C=C\C/C=C\CCCCOCC(COC(=O)CCCCCCC/C=C\CCCCCCCC)OC(=O)CCCCC/C=C\C/C=C\C/C=C\CC. The minimum atomic E-state index is -0.583. The first-order chi connectivity index (χ1) is 30.6. The Morgan fingerprint density at radius 2 is 0.726 bits per heavy atom. The van der Waals surface area contributed by atoms with E-state index in [0.717, 1.165) is 122 Å². The maximum absolute atomic E-state index is 12.8. The second kappa shape index (κ2) is 51.9. The predicted octanol–water partition coefficient (Wildman–Crippen LogP) is 17.2. The van der Waals surface area contributed by atoms with E-state index in [-0.39, 0.29) is 25.2 Å². The van der Waals surface area contributed by atoms with Gasteiger partial charge in [0.05, 0.1) is 6.61 Å². The number of ether oxygens (including phenoxy) is 3. The number of unbranched alkanes of at least 4 members (excludes halogenated alkanes) is 16.